The third kappa shape index (κ3) is 4.83. The number of hydrogen-bond acceptors (Lipinski definition) is 5. The van der Waals surface area contributed by atoms with Crippen molar-refractivity contribution in [3.63, 3.8) is 0 Å². The Balaban J connectivity index is 1.67. The van der Waals surface area contributed by atoms with Crippen LogP contribution in [0.5, 0.6) is 0 Å². The zero-order valence-corrected chi connectivity index (χ0v) is 19.6. The summed E-state index contributed by atoms with van der Waals surface area (Å²) in [5.74, 6) is -0.658. The number of esters is 1. The summed E-state index contributed by atoms with van der Waals surface area (Å²) in [6.45, 7) is 9.96. The van der Waals surface area contributed by atoms with E-state index in [1.807, 2.05) is 75.7 Å². The first-order chi connectivity index (χ1) is 15.2. The van der Waals surface area contributed by atoms with Crippen LogP contribution in [0.2, 0.25) is 0 Å². The molecule has 0 radical (unpaired) electrons. The number of ether oxygens (including phenoxy) is 2. The third-order valence-electron chi connectivity index (χ3n) is 5.76. The maximum Gasteiger partial charge on any atom is 0.310 e. The van der Waals surface area contributed by atoms with Crippen LogP contribution in [0.25, 0.3) is 5.69 Å². The van der Waals surface area contributed by atoms with Crippen molar-refractivity contribution < 1.29 is 19.1 Å². The number of aryl methyl sites for hydroxylation is 2. The maximum absolute atomic E-state index is 12.8. The first-order valence-corrected chi connectivity index (χ1v) is 10.7. The van der Waals surface area contributed by atoms with Gasteiger partial charge in [-0.15, -0.1) is 0 Å². The Hall–Kier alpha value is -3.19. The van der Waals surface area contributed by atoms with E-state index in [0.717, 1.165) is 34.0 Å². The number of rotatable bonds is 9. The summed E-state index contributed by atoms with van der Waals surface area (Å²) in [6.07, 6.45) is 0.0711. The number of carbonyl (C=O) groups is 2. The number of hydrogen-bond donors (Lipinski definition) is 0. The van der Waals surface area contributed by atoms with E-state index in [1.165, 1.54) is 0 Å². The van der Waals surface area contributed by atoms with E-state index >= 15 is 0 Å². The van der Waals surface area contributed by atoms with Gasteiger partial charge in [-0.3, -0.25) is 9.59 Å². The number of para-hydroxylation sites is 1. The Morgan fingerprint density at radius 3 is 2.41 bits per heavy atom. The maximum atomic E-state index is 12.8. The molecule has 7 heteroatoms. The molecular weight excluding hydrogens is 406 g/mol. The van der Waals surface area contributed by atoms with Gasteiger partial charge in [0.25, 0.3) is 0 Å². The van der Waals surface area contributed by atoms with Crippen molar-refractivity contribution in [3.8, 4) is 5.69 Å². The largest absolute Gasteiger partial charge is 0.457 e. The van der Waals surface area contributed by atoms with Crippen LogP contribution < -0.4 is 0 Å². The van der Waals surface area contributed by atoms with E-state index in [9.17, 15) is 9.59 Å². The zero-order chi connectivity index (χ0) is 23.4. The summed E-state index contributed by atoms with van der Waals surface area (Å²) in [5, 5.41) is 4.56. The average molecular weight is 438 g/mol. The summed E-state index contributed by atoms with van der Waals surface area (Å²) in [6, 6.07) is 11.7. The first-order valence-electron chi connectivity index (χ1n) is 10.7. The molecule has 1 atom stereocenters. The van der Waals surface area contributed by atoms with E-state index in [0.29, 0.717) is 12.2 Å². The summed E-state index contributed by atoms with van der Waals surface area (Å²) < 4.78 is 14.5. The highest BCUT2D eigenvalue weighted by Gasteiger charge is 2.21. The lowest BCUT2D eigenvalue weighted by Crippen LogP contribution is -2.18. The van der Waals surface area contributed by atoms with Crippen LogP contribution in [0.1, 0.15) is 51.7 Å². The van der Waals surface area contributed by atoms with Gasteiger partial charge in [-0.25, -0.2) is 4.68 Å². The van der Waals surface area contributed by atoms with E-state index in [1.54, 1.807) is 7.11 Å². The highest BCUT2D eigenvalue weighted by atomic mass is 16.5. The molecule has 1 unspecified atom stereocenters. The lowest BCUT2D eigenvalue weighted by molar-refractivity contribution is -0.141. The Morgan fingerprint density at radius 2 is 1.75 bits per heavy atom. The molecule has 0 bridgehead atoms. The highest BCUT2D eigenvalue weighted by Crippen LogP contribution is 2.22. The standard InChI is InChI=1S/C25H31N3O4/c1-16-12-23(19(4)27(16)17(2)14-31-6)24(29)15-32-25(30)13-22-18(3)26-28(20(22)5)21-10-8-7-9-11-21/h7-12,17H,13-15H2,1-6H3. The fourth-order valence-electron chi connectivity index (χ4n) is 4.22. The number of aromatic nitrogens is 3. The molecular formula is C25H31N3O4. The van der Waals surface area contributed by atoms with Crippen molar-refractivity contribution in [1.82, 2.24) is 14.3 Å². The Bertz CT molecular complexity index is 1110. The molecule has 0 saturated carbocycles. The molecule has 1 aromatic carbocycles. The van der Waals surface area contributed by atoms with Crippen molar-refractivity contribution in [2.45, 2.75) is 47.1 Å². The van der Waals surface area contributed by atoms with Crippen LogP contribution in [0.15, 0.2) is 36.4 Å². The third-order valence-corrected chi connectivity index (χ3v) is 5.76. The molecule has 7 nitrogen and oxygen atoms in total. The lowest BCUT2D eigenvalue weighted by atomic mass is 10.1. The predicted octanol–water partition coefficient (Wildman–Crippen LogP) is 4.08. The minimum Gasteiger partial charge on any atom is -0.457 e. The summed E-state index contributed by atoms with van der Waals surface area (Å²) in [5.41, 5.74) is 5.80. The van der Waals surface area contributed by atoms with Gasteiger partial charge in [-0.1, -0.05) is 18.2 Å². The fourth-order valence-corrected chi connectivity index (χ4v) is 4.22. The van der Waals surface area contributed by atoms with E-state index < -0.39 is 5.97 Å². The van der Waals surface area contributed by atoms with Gasteiger partial charge in [0.1, 0.15) is 0 Å². The van der Waals surface area contributed by atoms with Gasteiger partial charge in [0.05, 0.1) is 30.5 Å². The van der Waals surface area contributed by atoms with Crippen LogP contribution in [-0.2, 0) is 20.7 Å². The molecule has 0 amide bonds. The number of benzene rings is 1. The molecule has 3 rings (SSSR count). The monoisotopic (exact) mass is 437 g/mol. The topological polar surface area (TPSA) is 75.3 Å². The molecule has 0 fully saturated rings. The molecule has 0 spiro atoms. The van der Waals surface area contributed by atoms with E-state index in [-0.39, 0.29) is 24.9 Å². The number of carbonyl (C=O) groups excluding carboxylic acids is 2. The van der Waals surface area contributed by atoms with Crippen molar-refractivity contribution >= 4 is 11.8 Å². The molecule has 2 heterocycles. The van der Waals surface area contributed by atoms with Gasteiger partial charge in [-0.05, 0) is 52.8 Å². The molecule has 0 N–H and O–H groups in total. The zero-order valence-electron chi connectivity index (χ0n) is 19.6. The molecule has 32 heavy (non-hydrogen) atoms. The van der Waals surface area contributed by atoms with Gasteiger partial charge >= 0.3 is 5.97 Å². The van der Waals surface area contributed by atoms with Crippen molar-refractivity contribution in [1.29, 1.82) is 0 Å². The van der Waals surface area contributed by atoms with Gasteiger partial charge in [0.2, 0.25) is 5.78 Å². The smallest absolute Gasteiger partial charge is 0.310 e. The first kappa shape index (κ1) is 23.5. The average Bonchev–Trinajstić information content (AvgIpc) is 3.22. The normalized spacial score (nSPS) is 12.1. The van der Waals surface area contributed by atoms with Crippen molar-refractivity contribution in [2.75, 3.05) is 20.3 Å². The Kier molecular flexibility index (Phi) is 7.30. The Labute approximate surface area is 189 Å². The second-order valence-electron chi connectivity index (χ2n) is 8.12. The second kappa shape index (κ2) is 9.96. The van der Waals surface area contributed by atoms with Crippen molar-refractivity contribution in [2.24, 2.45) is 0 Å². The predicted molar refractivity (Wildman–Crippen MR) is 123 cm³/mol. The number of nitrogens with zero attached hydrogens (tertiary/aromatic N) is 3. The SMILES string of the molecule is COCC(C)n1c(C)cc(C(=O)COC(=O)Cc2c(C)nn(-c3ccccc3)c2C)c1C. The molecule has 0 aliphatic rings. The molecule has 0 aliphatic carbocycles. The van der Waals surface area contributed by atoms with Crippen LogP contribution in [0, 0.1) is 27.7 Å². The minimum atomic E-state index is -0.446. The molecule has 2 aromatic heterocycles. The van der Waals surface area contributed by atoms with Crippen LogP contribution >= 0.6 is 0 Å². The van der Waals surface area contributed by atoms with Crippen LogP contribution in [0.4, 0.5) is 0 Å². The van der Waals surface area contributed by atoms with Crippen LogP contribution in [-0.4, -0.2) is 46.4 Å². The van der Waals surface area contributed by atoms with Crippen LogP contribution in [0.3, 0.4) is 0 Å². The molecule has 0 aliphatic heterocycles. The number of methoxy groups -OCH3 is 1. The minimum absolute atomic E-state index is 0.0711. The summed E-state index contributed by atoms with van der Waals surface area (Å²) in [7, 11) is 1.66. The summed E-state index contributed by atoms with van der Waals surface area (Å²) >= 11 is 0. The molecule has 170 valence electrons. The second-order valence-corrected chi connectivity index (χ2v) is 8.12. The Morgan fingerprint density at radius 1 is 1.06 bits per heavy atom. The number of ketones is 1. The van der Waals surface area contributed by atoms with Gasteiger partial charge in [0, 0.05) is 35.3 Å². The van der Waals surface area contributed by atoms with Crippen molar-refractivity contribution in [3.05, 3.63) is 70.3 Å². The highest BCUT2D eigenvalue weighted by molar-refractivity contribution is 5.99. The van der Waals surface area contributed by atoms with Gasteiger partial charge in [-0.2, -0.15) is 5.10 Å². The molecule has 3 aromatic rings. The number of Topliss-reactive ketones (excluding diaryl/α,β-unsaturated/α-hetero) is 1. The summed E-state index contributed by atoms with van der Waals surface area (Å²) in [4.78, 5) is 25.3. The fraction of sp³-hybridized carbons (Fsp3) is 0.400. The molecule has 0 saturated heterocycles. The van der Waals surface area contributed by atoms with Gasteiger partial charge in [0.15, 0.2) is 6.61 Å². The van der Waals surface area contributed by atoms with Gasteiger partial charge < -0.3 is 14.0 Å². The lowest BCUT2D eigenvalue weighted by Gasteiger charge is -2.17. The van der Waals surface area contributed by atoms with E-state index in [2.05, 4.69) is 9.67 Å². The quantitative estimate of drug-likeness (QED) is 0.372. The van der Waals surface area contributed by atoms with E-state index in [4.69, 9.17) is 9.47 Å².